The number of carbonyl (C=O) groups excluding carboxylic acids is 1. The second-order valence-corrected chi connectivity index (χ2v) is 9.76. The lowest BCUT2D eigenvalue weighted by Gasteiger charge is -2.28. The van der Waals surface area contributed by atoms with E-state index in [4.69, 9.17) is 4.74 Å². The fraction of sp³-hybridized carbons (Fsp3) is 0.333. The number of ether oxygens (including phenoxy) is 1. The van der Waals surface area contributed by atoms with Crippen LogP contribution in [0.5, 0.6) is 5.75 Å². The van der Waals surface area contributed by atoms with Gasteiger partial charge in [0.25, 0.3) is 5.91 Å². The number of hydrogen-bond acceptors (Lipinski definition) is 4. The Balaban J connectivity index is 1.53. The summed E-state index contributed by atoms with van der Waals surface area (Å²) in [5.74, 6) is 0.643. The van der Waals surface area contributed by atoms with Crippen LogP contribution in [0.4, 0.5) is 30.2 Å². The number of aliphatic imine (C=N–C) groups is 1. The molecular weight excluding hydrogens is 491 g/mol. The predicted molar refractivity (Wildman–Crippen MR) is 145 cm³/mol. The van der Waals surface area contributed by atoms with Gasteiger partial charge in [-0.05, 0) is 68.9 Å². The summed E-state index contributed by atoms with van der Waals surface area (Å²) in [5, 5.41) is 0. The topological polar surface area (TPSA) is 45.1 Å². The van der Waals surface area contributed by atoms with Crippen molar-refractivity contribution in [3.05, 3.63) is 83.9 Å². The lowest BCUT2D eigenvalue weighted by Crippen LogP contribution is -2.36. The van der Waals surface area contributed by atoms with Gasteiger partial charge in [-0.2, -0.15) is 13.2 Å². The van der Waals surface area contributed by atoms with Crippen molar-refractivity contribution in [2.75, 3.05) is 24.6 Å². The summed E-state index contributed by atoms with van der Waals surface area (Å²) in [7, 11) is 0. The fourth-order valence-electron chi connectivity index (χ4n) is 4.53. The van der Waals surface area contributed by atoms with Gasteiger partial charge in [0.1, 0.15) is 11.5 Å². The van der Waals surface area contributed by atoms with E-state index in [0.717, 1.165) is 25.2 Å². The highest BCUT2D eigenvalue weighted by Crippen LogP contribution is 2.38. The molecule has 3 aromatic carbocycles. The SMILES string of the molecule is CCN(CC(C)COc1ccc(N2C(=O)C(=Nc3cccc(C(F)(F)F)c3)c3ccccc32)cc1)C(C)C. The molecule has 0 bridgehead atoms. The first-order valence-electron chi connectivity index (χ1n) is 12.7. The number of fused-ring (bicyclic) bond motifs is 1. The number of amides is 1. The molecule has 0 saturated carbocycles. The molecule has 1 unspecified atom stereocenters. The van der Waals surface area contributed by atoms with Gasteiger partial charge in [-0.1, -0.05) is 38.1 Å². The van der Waals surface area contributed by atoms with Crippen molar-refractivity contribution in [3.8, 4) is 5.75 Å². The van der Waals surface area contributed by atoms with Gasteiger partial charge >= 0.3 is 6.18 Å². The number of nitrogens with zero attached hydrogens (tertiary/aromatic N) is 3. The Morgan fingerprint density at radius 2 is 1.68 bits per heavy atom. The molecule has 0 spiro atoms. The van der Waals surface area contributed by atoms with E-state index in [1.165, 1.54) is 17.0 Å². The highest BCUT2D eigenvalue weighted by molar-refractivity contribution is 6.56. The number of rotatable bonds is 9. The van der Waals surface area contributed by atoms with Crippen LogP contribution in [0.3, 0.4) is 0 Å². The van der Waals surface area contributed by atoms with Crippen LogP contribution in [0.2, 0.25) is 0 Å². The van der Waals surface area contributed by atoms with Crippen LogP contribution in [-0.4, -0.2) is 42.3 Å². The summed E-state index contributed by atoms with van der Waals surface area (Å²) >= 11 is 0. The summed E-state index contributed by atoms with van der Waals surface area (Å²) in [6.45, 7) is 11.2. The summed E-state index contributed by atoms with van der Waals surface area (Å²) in [6.07, 6.45) is -4.49. The molecule has 1 atom stereocenters. The number of halogens is 3. The van der Waals surface area contributed by atoms with Gasteiger partial charge in [0.2, 0.25) is 0 Å². The van der Waals surface area contributed by atoms with E-state index in [-0.39, 0.29) is 11.4 Å². The second kappa shape index (κ2) is 11.4. The largest absolute Gasteiger partial charge is 0.493 e. The zero-order valence-corrected chi connectivity index (χ0v) is 22.0. The van der Waals surface area contributed by atoms with Gasteiger partial charge in [0.15, 0.2) is 0 Å². The zero-order valence-electron chi connectivity index (χ0n) is 22.0. The molecule has 3 aromatic rings. The van der Waals surface area contributed by atoms with Crippen molar-refractivity contribution in [2.24, 2.45) is 10.9 Å². The molecule has 0 fully saturated rings. The maximum atomic E-state index is 13.5. The Morgan fingerprint density at radius 1 is 0.974 bits per heavy atom. The molecule has 200 valence electrons. The molecule has 38 heavy (non-hydrogen) atoms. The minimum absolute atomic E-state index is 0.0665. The van der Waals surface area contributed by atoms with E-state index >= 15 is 0 Å². The standard InChI is InChI=1S/C30H32F3N3O2/c1-5-35(20(2)3)18-21(4)19-38-25-15-13-24(14-16-25)36-27-12-7-6-11-26(27)28(29(36)37)34-23-10-8-9-22(17-23)30(31,32)33/h6-17,20-21H,5,18-19H2,1-4H3. The first-order chi connectivity index (χ1) is 18.1. The average molecular weight is 524 g/mol. The molecule has 0 saturated heterocycles. The smallest absolute Gasteiger partial charge is 0.416 e. The van der Waals surface area contributed by atoms with Gasteiger partial charge < -0.3 is 9.64 Å². The van der Waals surface area contributed by atoms with E-state index < -0.39 is 17.6 Å². The van der Waals surface area contributed by atoms with Crippen molar-refractivity contribution in [2.45, 2.75) is 39.9 Å². The highest BCUT2D eigenvalue weighted by Gasteiger charge is 2.35. The third kappa shape index (κ3) is 6.07. The predicted octanol–water partition coefficient (Wildman–Crippen LogP) is 7.25. The number of anilines is 2. The fourth-order valence-corrected chi connectivity index (χ4v) is 4.53. The number of para-hydroxylation sites is 1. The van der Waals surface area contributed by atoms with Crippen LogP contribution in [0.25, 0.3) is 0 Å². The Morgan fingerprint density at radius 3 is 2.34 bits per heavy atom. The molecule has 1 amide bonds. The number of alkyl halides is 3. The molecule has 1 aliphatic heterocycles. The van der Waals surface area contributed by atoms with E-state index in [9.17, 15) is 18.0 Å². The Labute approximate surface area is 221 Å². The van der Waals surface area contributed by atoms with Crippen LogP contribution >= 0.6 is 0 Å². The molecule has 0 aromatic heterocycles. The highest BCUT2D eigenvalue weighted by atomic mass is 19.4. The molecule has 0 aliphatic carbocycles. The van der Waals surface area contributed by atoms with Crippen molar-refractivity contribution >= 4 is 28.7 Å². The normalized spacial score (nSPS) is 15.4. The van der Waals surface area contributed by atoms with Gasteiger partial charge in [0.05, 0.1) is 23.5 Å². The first kappa shape index (κ1) is 27.4. The van der Waals surface area contributed by atoms with Gasteiger partial charge in [0, 0.05) is 29.8 Å². The van der Waals surface area contributed by atoms with Crippen molar-refractivity contribution in [1.29, 1.82) is 0 Å². The van der Waals surface area contributed by atoms with Crippen molar-refractivity contribution in [1.82, 2.24) is 4.90 Å². The van der Waals surface area contributed by atoms with E-state index in [1.807, 2.05) is 18.2 Å². The number of benzene rings is 3. The van der Waals surface area contributed by atoms with E-state index in [0.29, 0.717) is 41.3 Å². The minimum Gasteiger partial charge on any atom is -0.493 e. The third-order valence-corrected chi connectivity index (χ3v) is 6.53. The van der Waals surface area contributed by atoms with Crippen molar-refractivity contribution in [3.63, 3.8) is 0 Å². The molecule has 0 N–H and O–H groups in total. The molecule has 5 nitrogen and oxygen atoms in total. The van der Waals surface area contributed by atoms with E-state index in [2.05, 4.69) is 37.6 Å². The maximum absolute atomic E-state index is 13.5. The summed E-state index contributed by atoms with van der Waals surface area (Å²) in [6, 6.07) is 19.5. The van der Waals surface area contributed by atoms with Crippen LogP contribution in [0, 0.1) is 5.92 Å². The quantitative estimate of drug-likeness (QED) is 0.297. The Kier molecular flexibility index (Phi) is 8.21. The lowest BCUT2D eigenvalue weighted by molar-refractivity contribution is -0.137. The molecule has 8 heteroatoms. The van der Waals surface area contributed by atoms with Crippen LogP contribution in [-0.2, 0) is 11.0 Å². The second-order valence-electron chi connectivity index (χ2n) is 9.76. The zero-order chi connectivity index (χ0) is 27.4. The van der Waals surface area contributed by atoms with E-state index in [1.54, 1.807) is 30.3 Å². The number of hydrogen-bond donors (Lipinski definition) is 0. The van der Waals surface area contributed by atoms with Crippen molar-refractivity contribution < 1.29 is 22.7 Å². The summed E-state index contributed by atoms with van der Waals surface area (Å²) < 4.78 is 45.5. The van der Waals surface area contributed by atoms with Crippen LogP contribution < -0.4 is 9.64 Å². The molecule has 1 heterocycles. The van der Waals surface area contributed by atoms with Gasteiger partial charge in [-0.3, -0.25) is 9.69 Å². The summed E-state index contributed by atoms with van der Waals surface area (Å²) in [4.78, 5) is 21.7. The molecule has 1 aliphatic rings. The third-order valence-electron chi connectivity index (χ3n) is 6.53. The maximum Gasteiger partial charge on any atom is 0.416 e. The monoisotopic (exact) mass is 523 g/mol. The average Bonchev–Trinajstić information content (AvgIpc) is 3.17. The lowest BCUT2D eigenvalue weighted by atomic mass is 10.1. The van der Waals surface area contributed by atoms with Gasteiger partial charge in [-0.25, -0.2) is 4.99 Å². The minimum atomic E-state index is -4.49. The Bertz CT molecular complexity index is 1300. The first-order valence-corrected chi connectivity index (χ1v) is 12.7. The van der Waals surface area contributed by atoms with Crippen LogP contribution in [0.15, 0.2) is 77.8 Å². The van der Waals surface area contributed by atoms with Gasteiger partial charge in [-0.15, -0.1) is 0 Å². The molecule has 4 rings (SSSR count). The van der Waals surface area contributed by atoms with Crippen LogP contribution in [0.1, 0.15) is 38.8 Å². The number of carbonyl (C=O) groups is 1. The molecule has 0 radical (unpaired) electrons. The summed E-state index contributed by atoms with van der Waals surface area (Å²) in [5.41, 5.74) is 1.16. The Hall–Kier alpha value is -3.65. The molecular formula is C30H32F3N3O2.